The first kappa shape index (κ1) is 27.3. The van der Waals surface area contributed by atoms with E-state index in [0.717, 1.165) is 5.56 Å². The number of aromatic hydroxyl groups is 1. The molecular weight excluding hydrogens is 488 g/mol. The van der Waals surface area contributed by atoms with Crippen LogP contribution in [0.3, 0.4) is 0 Å². The molecule has 2 saturated heterocycles. The van der Waals surface area contributed by atoms with E-state index in [0.29, 0.717) is 37.7 Å². The monoisotopic (exact) mass is 522 g/mol. The fraction of sp³-hybridized carbons (Fsp3) is 0.429. The van der Waals surface area contributed by atoms with Crippen molar-refractivity contribution in [2.24, 2.45) is 5.73 Å². The van der Waals surface area contributed by atoms with Gasteiger partial charge in [-0.25, -0.2) is 0 Å². The summed E-state index contributed by atoms with van der Waals surface area (Å²) in [5.74, 6) is -1.22. The minimum absolute atomic E-state index is 0.0660. The number of hydrogen-bond acceptors (Lipinski definition) is 7. The first-order valence-corrected chi connectivity index (χ1v) is 12.9. The van der Waals surface area contributed by atoms with E-state index in [4.69, 9.17) is 5.73 Å². The van der Waals surface area contributed by atoms with E-state index >= 15 is 0 Å². The minimum Gasteiger partial charge on any atom is -0.508 e. The summed E-state index contributed by atoms with van der Waals surface area (Å²) in [6.07, 6.45) is 1.36. The maximum absolute atomic E-state index is 13.5. The zero-order valence-electron chi connectivity index (χ0n) is 21.1. The summed E-state index contributed by atoms with van der Waals surface area (Å²) in [6.45, 7) is 0.579. The van der Waals surface area contributed by atoms with Crippen LogP contribution in [0.1, 0.15) is 30.4 Å². The maximum atomic E-state index is 13.5. The first-order chi connectivity index (χ1) is 18.3. The molecule has 202 valence electrons. The van der Waals surface area contributed by atoms with Crippen molar-refractivity contribution < 1.29 is 29.4 Å². The number of benzene rings is 2. The van der Waals surface area contributed by atoms with Crippen molar-refractivity contribution in [2.45, 2.75) is 62.4 Å². The van der Waals surface area contributed by atoms with Crippen LogP contribution in [0, 0.1) is 0 Å². The third-order valence-corrected chi connectivity index (χ3v) is 7.29. The summed E-state index contributed by atoms with van der Waals surface area (Å²) < 4.78 is 0. The van der Waals surface area contributed by atoms with Crippen molar-refractivity contribution in [1.82, 2.24) is 15.1 Å². The van der Waals surface area contributed by atoms with Crippen LogP contribution in [-0.2, 0) is 32.0 Å². The summed E-state index contributed by atoms with van der Waals surface area (Å²) in [5.41, 5.74) is 7.83. The molecule has 2 aromatic rings. The number of hydrogen-bond donors (Lipinski definition) is 4. The van der Waals surface area contributed by atoms with Gasteiger partial charge in [-0.3, -0.25) is 14.4 Å². The number of phenols is 1. The second-order valence-electron chi connectivity index (χ2n) is 9.93. The van der Waals surface area contributed by atoms with E-state index in [-0.39, 0.29) is 31.0 Å². The van der Waals surface area contributed by atoms with Crippen molar-refractivity contribution in [1.29, 1.82) is 0 Å². The molecule has 2 fully saturated rings. The number of amides is 3. The Labute approximate surface area is 221 Å². The van der Waals surface area contributed by atoms with Crippen molar-refractivity contribution in [2.75, 3.05) is 13.1 Å². The molecule has 1 unspecified atom stereocenters. The second kappa shape index (κ2) is 12.2. The van der Waals surface area contributed by atoms with Gasteiger partial charge in [0.25, 0.3) is 0 Å². The Morgan fingerprint density at radius 2 is 1.63 bits per heavy atom. The van der Waals surface area contributed by atoms with Gasteiger partial charge in [-0.15, -0.1) is 0 Å². The number of likely N-dealkylation sites (tertiary alicyclic amines) is 2. The highest BCUT2D eigenvalue weighted by atomic mass is 16.3. The number of nitrogens with two attached hydrogens (primary N) is 1. The number of carbonyl (C=O) groups is 4. The molecule has 10 heteroatoms. The number of carbonyl (C=O) groups excluding carboxylic acids is 4. The van der Waals surface area contributed by atoms with Crippen LogP contribution in [0.15, 0.2) is 54.6 Å². The van der Waals surface area contributed by atoms with Gasteiger partial charge in [0.05, 0.1) is 12.1 Å². The largest absolute Gasteiger partial charge is 0.508 e. The van der Waals surface area contributed by atoms with Crippen molar-refractivity contribution >= 4 is 24.0 Å². The smallest absolute Gasteiger partial charge is 0.246 e. The molecule has 0 aliphatic carbocycles. The Hall–Kier alpha value is -3.76. The standard InChI is InChI=1S/C28H34N4O6/c29-21(15-18-5-2-1-3-6-18)27(37)31-13-4-7-23(31)26(36)30-22(16-19-8-10-20(34)11-9-19)28(38)32-14-12-25(35)24(32)17-33/h1-3,5-6,8-11,17,21-25,34-35H,4,7,12-16,29H2,(H,30,36)/t21-,22-,23-,24+,25?/m0/s1. The van der Waals surface area contributed by atoms with Gasteiger partial charge in [0.1, 0.15) is 30.2 Å². The lowest BCUT2D eigenvalue weighted by Gasteiger charge is -2.30. The van der Waals surface area contributed by atoms with E-state index in [9.17, 15) is 29.4 Å². The van der Waals surface area contributed by atoms with E-state index in [1.807, 2.05) is 30.3 Å². The van der Waals surface area contributed by atoms with Crippen LogP contribution in [0.25, 0.3) is 0 Å². The molecule has 0 bridgehead atoms. The van der Waals surface area contributed by atoms with Crippen LogP contribution < -0.4 is 11.1 Å². The van der Waals surface area contributed by atoms with Gasteiger partial charge in [0.2, 0.25) is 17.7 Å². The Morgan fingerprint density at radius 1 is 0.947 bits per heavy atom. The fourth-order valence-corrected chi connectivity index (χ4v) is 5.23. The van der Waals surface area contributed by atoms with Crippen LogP contribution in [0.2, 0.25) is 0 Å². The lowest BCUT2D eigenvalue weighted by Crippen LogP contribution is -2.57. The normalized spacial score (nSPS) is 22.6. The molecule has 0 aromatic heterocycles. The predicted molar refractivity (Wildman–Crippen MR) is 139 cm³/mol. The van der Waals surface area contributed by atoms with Gasteiger partial charge in [-0.05, 0) is 48.9 Å². The number of aldehydes is 1. The highest BCUT2D eigenvalue weighted by molar-refractivity contribution is 5.94. The number of rotatable bonds is 9. The van der Waals surface area contributed by atoms with Crippen molar-refractivity contribution in [3.05, 3.63) is 65.7 Å². The molecule has 2 aliphatic heterocycles. The van der Waals surface area contributed by atoms with Crippen LogP contribution in [0.4, 0.5) is 0 Å². The van der Waals surface area contributed by atoms with Gasteiger partial charge in [0, 0.05) is 19.5 Å². The Balaban J connectivity index is 1.49. The Morgan fingerprint density at radius 3 is 2.32 bits per heavy atom. The quantitative estimate of drug-likeness (QED) is 0.342. The van der Waals surface area contributed by atoms with E-state index < -0.39 is 42.1 Å². The molecule has 10 nitrogen and oxygen atoms in total. The molecular formula is C28H34N4O6. The van der Waals surface area contributed by atoms with Gasteiger partial charge in [0.15, 0.2) is 0 Å². The van der Waals surface area contributed by atoms with E-state index in [1.54, 1.807) is 12.1 Å². The summed E-state index contributed by atoms with van der Waals surface area (Å²) in [4.78, 5) is 54.5. The lowest BCUT2D eigenvalue weighted by atomic mass is 10.0. The minimum atomic E-state index is -1.03. The fourth-order valence-electron chi connectivity index (χ4n) is 5.23. The average molecular weight is 523 g/mol. The Kier molecular flexibility index (Phi) is 8.75. The molecule has 0 spiro atoms. The molecule has 4 rings (SSSR count). The van der Waals surface area contributed by atoms with Gasteiger partial charge >= 0.3 is 0 Å². The first-order valence-electron chi connectivity index (χ1n) is 12.9. The van der Waals surface area contributed by atoms with Gasteiger partial charge in [-0.2, -0.15) is 0 Å². The number of nitrogens with zero attached hydrogens (tertiary/aromatic N) is 2. The third kappa shape index (κ3) is 6.20. The SMILES string of the molecule is N[C@@H](Cc1ccccc1)C(=O)N1CCC[C@H]1C(=O)N[C@@H](Cc1ccc(O)cc1)C(=O)N1CCC(O)[C@H]1C=O. The number of phenolic OH excluding ortho intramolecular Hbond substituents is 1. The zero-order valence-corrected chi connectivity index (χ0v) is 21.1. The van der Waals surface area contributed by atoms with Gasteiger partial charge < -0.3 is 35.9 Å². The molecule has 0 radical (unpaired) electrons. The highest BCUT2D eigenvalue weighted by Gasteiger charge is 2.41. The predicted octanol–water partition coefficient (Wildman–Crippen LogP) is 0.141. The van der Waals surface area contributed by atoms with E-state index in [1.165, 1.54) is 21.9 Å². The molecule has 5 N–H and O–H groups in total. The molecule has 3 amide bonds. The number of aliphatic hydroxyl groups is 1. The third-order valence-electron chi connectivity index (χ3n) is 7.29. The summed E-state index contributed by atoms with van der Waals surface area (Å²) in [7, 11) is 0. The highest BCUT2D eigenvalue weighted by Crippen LogP contribution is 2.22. The number of aliphatic hydroxyl groups excluding tert-OH is 1. The maximum Gasteiger partial charge on any atom is 0.246 e. The zero-order chi connectivity index (χ0) is 27.2. The van der Waals surface area contributed by atoms with Gasteiger partial charge in [-0.1, -0.05) is 42.5 Å². The van der Waals surface area contributed by atoms with Crippen LogP contribution in [-0.4, -0.2) is 87.4 Å². The lowest BCUT2D eigenvalue weighted by molar-refractivity contribution is -0.142. The molecule has 2 heterocycles. The Bertz CT molecular complexity index is 1140. The topological polar surface area (TPSA) is 153 Å². The summed E-state index contributed by atoms with van der Waals surface area (Å²) >= 11 is 0. The average Bonchev–Trinajstić information content (AvgIpc) is 3.56. The van der Waals surface area contributed by atoms with Crippen molar-refractivity contribution in [3.8, 4) is 5.75 Å². The number of nitrogens with one attached hydrogen (secondary N) is 1. The second-order valence-corrected chi connectivity index (χ2v) is 9.93. The van der Waals surface area contributed by atoms with Crippen LogP contribution in [0.5, 0.6) is 5.75 Å². The summed E-state index contributed by atoms with van der Waals surface area (Å²) in [6, 6.07) is 12.1. The molecule has 38 heavy (non-hydrogen) atoms. The molecule has 5 atom stereocenters. The molecule has 0 saturated carbocycles. The molecule has 2 aromatic carbocycles. The van der Waals surface area contributed by atoms with Crippen molar-refractivity contribution in [3.63, 3.8) is 0 Å². The molecule has 2 aliphatic rings. The van der Waals surface area contributed by atoms with E-state index in [2.05, 4.69) is 5.32 Å². The summed E-state index contributed by atoms with van der Waals surface area (Å²) in [5, 5.41) is 22.5. The van der Waals surface area contributed by atoms with Crippen LogP contribution >= 0.6 is 0 Å².